The van der Waals surface area contributed by atoms with Crippen LogP contribution in [0.3, 0.4) is 0 Å². The van der Waals surface area contributed by atoms with Crippen LogP contribution in [0.1, 0.15) is 0 Å². The van der Waals surface area contributed by atoms with Gasteiger partial charge in [-0.3, -0.25) is 13.9 Å². The SMILES string of the molecule is O=C1C2OP3(=O)OC14OP(=O)(O3)OP4(=O)O2. The van der Waals surface area contributed by atoms with Crippen molar-refractivity contribution in [1.29, 1.82) is 0 Å². The molecule has 4 bridgehead atoms. The molecule has 4 rings (SSSR count). The topological polar surface area (TPSA) is 124 Å². The Bertz CT molecular complexity index is 578. The largest absolute Gasteiger partial charge is 0.494 e. The molecule has 0 saturated carbocycles. The first kappa shape index (κ1) is 10.1. The van der Waals surface area contributed by atoms with Crippen molar-refractivity contribution in [1.82, 2.24) is 0 Å². The van der Waals surface area contributed by atoms with E-state index in [0.717, 1.165) is 0 Å². The van der Waals surface area contributed by atoms with E-state index in [4.69, 9.17) is 0 Å². The van der Waals surface area contributed by atoms with Gasteiger partial charge in [0.15, 0.2) is 0 Å². The van der Waals surface area contributed by atoms with Crippen LogP contribution in [0.5, 0.6) is 0 Å². The van der Waals surface area contributed by atoms with Gasteiger partial charge in [0.1, 0.15) is 0 Å². The normalized spacial score (nSPS) is 66.5. The van der Waals surface area contributed by atoms with Crippen molar-refractivity contribution in [3.05, 3.63) is 0 Å². The summed E-state index contributed by atoms with van der Waals surface area (Å²) in [4.78, 5) is 11.6. The van der Waals surface area contributed by atoms with Gasteiger partial charge in [0, 0.05) is 0 Å². The van der Waals surface area contributed by atoms with Crippen LogP contribution in [0.25, 0.3) is 0 Å². The maximum absolute atomic E-state index is 12.0. The Balaban J connectivity index is 2.10. The number of hydrogen-bond acceptors (Lipinski definition) is 10. The molecule has 4 aliphatic heterocycles. The lowest BCUT2D eigenvalue weighted by Gasteiger charge is -2.33. The quantitative estimate of drug-likeness (QED) is 0.598. The first-order chi connectivity index (χ1) is 7.30. The molecule has 88 valence electrons. The van der Waals surface area contributed by atoms with Crippen molar-refractivity contribution < 1.29 is 45.2 Å². The molecule has 0 radical (unpaired) electrons. The Hall–Kier alpha value is 0.120. The molecule has 0 aromatic rings. The summed E-state index contributed by atoms with van der Waals surface area (Å²) in [5, 5.41) is 0. The van der Waals surface area contributed by atoms with Crippen molar-refractivity contribution >= 4 is 29.0 Å². The zero-order valence-corrected chi connectivity index (χ0v) is 9.68. The van der Waals surface area contributed by atoms with Crippen LogP contribution in [-0.4, -0.2) is 17.6 Å². The molecule has 4 saturated heterocycles. The summed E-state index contributed by atoms with van der Waals surface area (Å²) < 4.78 is 62.4. The van der Waals surface area contributed by atoms with Gasteiger partial charge in [0.25, 0.3) is 5.78 Å². The molecule has 0 aromatic heterocycles. The van der Waals surface area contributed by atoms with Crippen LogP contribution in [-0.2, 0) is 45.2 Å². The van der Waals surface area contributed by atoms with Crippen LogP contribution in [0.4, 0.5) is 0 Å². The lowest BCUT2D eigenvalue weighted by Crippen LogP contribution is -2.45. The average Bonchev–Trinajstić information content (AvgIpc) is 2.31. The summed E-state index contributed by atoms with van der Waals surface area (Å²) in [7, 11) is -13.0. The second-order valence-electron chi connectivity index (χ2n) is 3.23. The Morgan fingerprint density at radius 2 is 1.69 bits per heavy atom. The summed E-state index contributed by atoms with van der Waals surface area (Å²) in [5.41, 5.74) is -2.56. The highest BCUT2D eigenvalue weighted by Gasteiger charge is 2.87. The van der Waals surface area contributed by atoms with Gasteiger partial charge in [-0.1, -0.05) is 0 Å². The summed E-state index contributed by atoms with van der Waals surface area (Å²) >= 11 is 0. The number of fused-ring (bicyclic) bond motifs is 3. The summed E-state index contributed by atoms with van der Waals surface area (Å²) in [6.07, 6.45) is -1.72. The van der Waals surface area contributed by atoms with Gasteiger partial charge < -0.3 is 0 Å². The Labute approximate surface area is 86.9 Å². The number of Topliss-reactive ketones (excluding diaryl/α,β-unsaturated/α-hetero) is 1. The maximum atomic E-state index is 12.0. The third-order valence-electron chi connectivity index (χ3n) is 2.22. The summed E-state index contributed by atoms with van der Waals surface area (Å²) in [6, 6.07) is 0. The van der Waals surface area contributed by atoms with Crippen molar-refractivity contribution in [3.8, 4) is 0 Å². The van der Waals surface area contributed by atoms with Gasteiger partial charge >= 0.3 is 28.8 Å². The molecule has 0 aromatic carbocycles. The Kier molecular flexibility index (Phi) is 1.46. The van der Waals surface area contributed by atoms with Crippen molar-refractivity contribution in [3.63, 3.8) is 0 Å². The first-order valence-electron chi connectivity index (χ1n) is 3.85. The van der Waals surface area contributed by atoms with Gasteiger partial charge in [-0.05, 0) is 0 Å². The minimum Gasteiger partial charge on any atom is -0.287 e. The van der Waals surface area contributed by atoms with Gasteiger partial charge in [0.2, 0.25) is 6.29 Å². The number of hydrogen-bond donors (Lipinski definition) is 0. The molecule has 13 heteroatoms. The van der Waals surface area contributed by atoms with Crippen molar-refractivity contribution in [2.45, 2.75) is 11.8 Å². The Morgan fingerprint density at radius 1 is 1.00 bits per heavy atom. The molecule has 4 aliphatic rings. The minimum absolute atomic E-state index is 1.04. The zero-order valence-electron chi connectivity index (χ0n) is 7.00. The van der Waals surface area contributed by atoms with E-state index in [2.05, 4.69) is 26.7 Å². The van der Waals surface area contributed by atoms with Crippen LogP contribution in [0.2, 0.25) is 0 Å². The number of rotatable bonds is 0. The molecule has 0 aliphatic carbocycles. The van der Waals surface area contributed by atoms with Crippen LogP contribution < -0.4 is 0 Å². The number of ketones is 1. The number of carbonyl (C=O) groups is 1. The maximum Gasteiger partial charge on any atom is 0.494 e. The fraction of sp³-hybridized carbons (Fsp3) is 0.667. The fourth-order valence-electron chi connectivity index (χ4n) is 1.65. The Morgan fingerprint density at radius 3 is 2.44 bits per heavy atom. The number of phosphoric ester groups is 1. The third kappa shape index (κ3) is 0.861. The van der Waals surface area contributed by atoms with E-state index in [-0.39, 0.29) is 0 Å². The average molecular weight is 290 g/mol. The van der Waals surface area contributed by atoms with Crippen molar-refractivity contribution in [2.24, 2.45) is 0 Å². The summed E-state index contributed by atoms with van der Waals surface area (Å²) in [5.74, 6) is -1.04. The van der Waals surface area contributed by atoms with Gasteiger partial charge in [-0.15, -0.1) is 0 Å². The molecular weight excluding hydrogens is 289 g/mol. The van der Waals surface area contributed by atoms with E-state index in [0.29, 0.717) is 0 Å². The van der Waals surface area contributed by atoms with E-state index >= 15 is 0 Å². The van der Waals surface area contributed by atoms with Gasteiger partial charge in [-0.25, -0.2) is 27.0 Å². The van der Waals surface area contributed by atoms with E-state index in [1.165, 1.54) is 0 Å². The number of phosphoric acid groups is 2. The molecular formula is C3HO10P3. The lowest BCUT2D eigenvalue weighted by molar-refractivity contribution is -0.176. The molecule has 5 atom stereocenters. The third-order valence-corrected chi connectivity index (χ3v) is 8.78. The van der Waals surface area contributed by atoms with Crippen LogP contribution in [0, 0.1) is 0 Å². The predicted octanol–water partition coefficient (Wildman–Crippen LogP) is 1.10. The highest BCUT2D eigenvalue weighted by Crippen LogP contribution is 2.94. The van der Waals surface area contributed by atoms with Crippen LogP contribution in [0.15, 0.2) is 0 Å². The van der Waals surface area contributed by atoms with E-state index < -0.39 is 40.8 Å². The monoisotopic (exact) mass is 290 g/mol. The molecule has 4 heterocycles. The fourth-order valence-corrected chi connectivity index (χ4v) is 8.92. The van der Waals surface area contributed by atoms with E-state index in [1.807, 2.05) is 0 Å². The molecule has 0 N–H and O–H groups in total. The molecule has 5 unspecified atom stereocenters. The van der Waals surface area contributed by atoms with E-state index in [1.54, 1.807) is 0 Å². The minimum atomic E-state index is -4.42. The molecule has 16 heavy (non-hydrogen) atoms. The first-order valence-corrected chi connectivity index (χ1v) is 8.32. The predicted molar refractivity (Wildman–Crippen MR) is 40.9 cm³/mol. The zero-order chi connectivity index (χ0) is 11.4. The van der Waals surface area contributed by atoms with Crippen molar-refractivity contribution in [2.75, 3.05) is 0 Å². The molecule has 0 amide bonds. The smallest absolute Gasteiger partial charge is 0.287 e. The standard InChI is InChI=1S/C3HO10P3/c4-1-2-8-14(5)3(1)10-15(6,9-2)13-16(7,11-3)12-14/h2H. The number of carbonyl (C=O) groups excluding carboxylic acids is 1. The second kappa shape index (κ2) is 2.31. The molecule has 1 spiro atoms. The van der Waals surface area contributed by atoms with Gasteiger partial charge in [0.05, 0.1) is 0 Å². The highest BCUT2D eigenvalue weighted by atomic mass is 31.3. The molecule has 4 fully saturated rings. The highest BCUT2D eigenvalue weighted by molar-refractivity contribution is 7.75. The molecule has 10 nitrogen and oxygen atoms in total. The second-order valence-corrected chi connectivity index (χ2v) is 8.69. The van der Waals surface area contributed by atoms with Gasteiger partial charge in [-0.2, -0.15) is 4.31 Å². The lowest BCUT2D eigenvalue weighted by atomic mass is 10.4. The van der Waals surface area contributed by atoms with Crippen LogP contribution >= 0.6 is 23.2 Å². The summed E-state index contributed by atoms with van der Waals surface area (Å²) in [6.45, 7) is 0. The van der Waals surface area contributed by atoms with E-state index in [9.17, 15) is 18.5 Å².